The van der Waals surface area contributed by atoms with Gasteiger partial charge in [0.15, 0.2) is 8.32 Å². The van der Waals surface area contributed by atoms with Crippen molar-refractivity contribution in [3.05, 3.63) is 11.6 Å². The molecule has 1 aliphatic carbocycles. The monoisotopic (exact) mass is 585 g/mol. The van der Waals surface area contributed by atoms with E-state index in [2.05, 4.69) is 73.7 Å². The van der Waals surface area contributed by atoms with Gasteiger partial charge < -0.3 is 23.6 Å². The van der Waals surface area contributed by atoms with Gasteiger partial charge in [-0.2, -0.15) is 0 Å². The first-order chi connectivity index (χ1) is 18.0. The fourth-order valence-corrected chi connectivity index (χ4v) is 14.8. The predicted molar refractivity (Wildman–Crippen MR) is 165 cm³/mol. The standard InChI is InChI=1S/C30H59NO6Si2/c1-14-38(15-2,16-3)37-27-20-25(36-39(21(4)5,22(6)7)23(8)9)18-17-24(27)19-26(28(32)34-13)31-29(33)35-30(10,11)12/h17,21-23,25-27H,14-16,18-20H2,1-13H3,(H,31,33)/t25-,26+,27+/m1/s1. The van der Waals surface area contributed by atoms with Gasteiger partial charge in [0.25, 0.3) is 0 Å². The predicted octanol–water partition coefficient (Wildman–Crippen LogP) is 8.11. The number of alkyl carbamates (subject to hydrolysis) is 1. The number of hydrogen-bond donors (Lipinski definition) is 1. The SMILES string of the molecule is CC[Si](CC)(CC)O[C@H]1C[C@H](O[Si](C(C)C)(C(C)C)C(C)C)CC=C1C[C@H](NC(=O)OC(C)(C)C)C(=O)OC. The Morgan fingerprint density at radius 1 is 0.949 bits per heavy atom. The summed E-state index contributed by atoms with van der Waals surface area (Å²) in [6.07, 6.45) is 3.36. The third-order valence-electron chi connectivity index (χ3n) is 8.55. The molecule has 1 aliphatic rings. The minimum Gasteiger partial charge on any atom is -0.467 e. The average molecular weight is 586 g/mol. The van der Waals surface area contributed by atoms with Crippen LogP contribution in [0.3, 0.4) is 0 Å². The molecule has 0 aromatic carbocycles. The minimum atomic E-state index is -2.07. The lowest BCUT2D eigenvalue weighted by molar-refractivity contribution is -0.143. The molecule has 0 spiro atoms. The molecule has 0 saturated heterocycles. The molecule has 0 aromatic rings. The van der Waals surface area contributed by atoms with Crippen LogP contribution in [-0.2, 0) is 23.1 Å². The summed E-state index contributed by atoms with van der Waals surface area (Å²) in [5.41, 5.74) is 1.87. The van der Waals surface area contributed by atoms with E-state index in [1.165, 1.54) is 7.11 Å². The van der Waals surface area contributed by atoms with Crippen molar-refractivity contribution in [1.82, 2.24) is 5.32 Å². The maximum absolute atomic E-state index is 12.8. The highest BCUT2D eigenvalue weighted by Crippen LogP contribution is 2.45. The quantitative estimate of drug-likeness (QED) is 0.126. The first kappa shape index (κ1) is 35.9. The van der Waals surface area contributed by atoms with E-state index in [9.17, 15) is 9.59 Å². The van der Waals surface area contributed by atoms with E-state index in [-0.39, 0.29) is 12.2 Å². The molecule has 0 heterocycles. The number of nitrogens with one attached hydrogen (secondary N) is 1. The summed E-state index contributed by atoms with van der Waals surface area (Å²) < 4.78 is 24.8. The van der Waals surface area contributed by atoms with Gasteiger partial charge in [0.05, 0.1) is 19.3 Å². The van der Waals surface area contributed by atoms with Crippen molar-refractivity contribution in [1.29, 1.82) is 0 Å². The largest absolute Gasteiger partial charge is 0.467 e. The molecule has 0 unspecified atom stereocenters. The summed E-state index contributed by atoms with van der Waals surface area (Å²) in [6.45, 7) is 26.0. The Balaban J connectivity index is 3.39. The molecule has 7 nitrogen and oxygen atoms in total. The van der Waals surface area contributed by atoms with E-state index in [4.69, 9.17) is 18.3 Å². The lowest BCUT2D eigenvalue weighted by Gasteiger charge is -2.46. The van der Waals surface area contributed by atoms with Gasteiger partial charge in [0, 0.05) is 12.8 Å². The molecule has 39 heavy (non-hydrogen) atoms. The molecule has 1 N–H and O–H groups in total. The molecule has 0 bridgehead atoms. The molecule has 0 fully saturated rings. The van der Waals surface area contributed by atoms with Crippen molar-refractivity contribution >= 4 is 28.7 Å². The zero-order valence-electron chi connectivity index (χ0n) is 27.2. The van der Waals surface area contributed by atoms with Crippen LogP contribution in [0.5, 0.6) is 0 Å². The van der Waals surface area contributed by atoms with Gasteiger partial charge in [-0.25, -0.2) is 9.59 Å². The van der Waals surface area contributed by atoms with Crippen molar-refractivity contribution in [2.45, 2.75) is 161 Å². The van der Waals surface area contributed by atoms with E-state index in [0.717, 1.165) is 36.5 Å². The zero-order valence-corrected chi connectivity index (χ0v) is 29.2. The van der Waals surface area contributed by atoms with Crippen molar-refractivity contribution in [2.24, 2.45) is 0 Å². The zero-order chi connectivity index (χ0) is 30.2. The summed E-state index contributed by atoms with van der Waals surface area (Å²) in [5.74, 6) is -0.491. The Morgan fingerprint density at radius 2 is 1.46 bits per heavy atom. The number of rotatable bonds is 14. The van der Waals surface area contributed by atoms with Gasteiger partial charge in [-0.05, 0) is 67.5 Å². The first-order valence-electron chi connectivity index (χ1n) is 15.1. The summed E-state index contributed by atoms with van der Waals surface area (Å²) in [4.78, 5) is 25.3. The van der Waals surface area contributed by atoms with E-state index < -0.39 is 40.3 Å². The first-order valence-corrected chi connectivity index (χ1v) is 19.8. The molecular formula is C30H59NO6Si2. The second-order valence-electron chi connectivity index (χ2n) is 13.1. The minimum absolute atomic E-state index is 0.0743. The molecule has 0 aliphatic heterocycles. The summed E-state index contributed by atoms with van der Waals surface area (Å²) in [5, 5.41) is 2.75. The number of amides is 1. The Hall–Kier alpha value is -1.17. The van der Waals surface area contributed by atoms with E-state index in [0.29, 0.717) is 23.0 Å². The second kappa shape index (κ2) is 15.2. The van der Waals surface area contributed by atoms with Crippen LogP contribution in [-0.4, -0.2) is 59.7 Å². The van der Waals surface area contributed by atoms with Crippen LogP contribution in [0.4, 0.5) is 4.79 Å². The number of esters is 1. The fourth-order valence-electron chi connectivity index (χ4n) is 6.36. The van der Waals surface area contributed by atoms with Gasteiger partial charge in [-0.15, -0.1) is 0 Å². The van der Waals surface area contributed by atoms with Crippen LogP contribution in [0, 0.1) is 0 Å². The third-order valence-corrected chi connectivity index (χ3v) is 19.4. The molecule has 1 amide bonds. The summed E-state index contributed by atoms with van der Waals surface area (Å²) >= 11 is 0. The molecule has 0 radical (unpaired) electrons. The normalized spacial score (nSPS) is 19.7. The van der Waals surface area contributed by atoms with Crippen molar-refractivity contribution in [3.8, 4) is 0 Å². The molecule has 0 aromatic heterocycles. The Labute approximate surface area is 241 Å². The highest BCUT2D eigenvalue weighted by molar-refractivity contribution is 6.77. The van der Waals surface area contributed by atoms with Crippen LogP contribution in [0.2, 0.25) is 34.8 Å². The van der Waals surface area contributed by atoms with E-state index in [1.807, 2.05) is 0 Å². The summed E-state index contributed by atoms with van der Waals surface area (Å²) in [7, 11) is -2.69. The molecule has 228 valence electrons. The maximum Gasteiger partial charge on any atom is 0.408 e. The maximum atomic E-state index is 12.8. The second-order valence-corrected chi connectivity index (χ2v) is 23.2. The summed E-state index contributed by atoms with van der Waals surface area (Å²) in [6, 6.07) is 2.26. The van der Waals surface area contributed by atoms with Gasteiger partial charge in [0.1, 0.15) is 11.6 Å². The molecule has 3 atom stereocenters. The lowest BCUT2D eigenvalue weighted by atomic mass is 9.90. The number of carbonyl (C=O) groups excluding carboxylic acids is 2. The van der Waals surface area contributed by atoms with Crippen LogP contribution < -0.4 is 5.32 Å². The highest BCUT2D eigenvalue weighted by Gasteiger charge is 2.48. The Bertz CT molecular complexity index is 787. The number of methoxy groups -OCH3 is 1. The van der Waals surface area contributed by atoms with Gasteiger partial charge in [-0.3, -0.25) is 0 Å². The molecule has 1 rings (SSSR count). The molecular weight excluding hydrogens is 527 g/mol. The van der Waals surface area contributed by atoms with E-state index in [1.54, 1.807) is 20.8 Å². The lowest BCUT2D eigenvalue weighted by Crippen LogP contribution is -2.52. The smallest absolute Gasteiger partial charge is 0.408 e. The Morgan fingerprint density at radius 3 is 1.87 bits per heavy atom. The van der Waals surface area contributed by atoms with Crippen LogP contribution in [0.25, 0.3) is 0 Å². The van der Waals surface area contributed by atoms with Gasteiger partial charge in [-0.1, -0.05) is 68.4 Å². The van der Waals surface area contributed by atoms with E-state index >= 15 is 0 Å². The van der Waals surface area contributed by atoms with Crippen molar-refractivity contribution in [2.75, 3.05) is 7.11 Å². The number of ether oxygens (including phenoxy) is 2. The van der Waals surface area contributed by atoms with Gasteiger partial charge >= 0.3 is 12.1 Å². The van der Waals surface area contributed by atoms with Gasteiger partial charge in [0.2, 0.25) is 8.32 Å². The Kier molecular flexibility index (Phi) is 14.0. The average Bonchev–Trinajstić information content (AvgIpc) is 2.84. The highest BCUT2D eigenvalue weighted by atomic mass is 28.4. The van der Waals surface area contributed by atoms with Crippen molar-refractivity contribution in [3.63, 3.8) is 0 Å². The number of carbonyl (C=O) groups is 2. The van der Waals surface area contributed by atoms with Crippen LogP contribution >= 0.6 is 0 Å². The van der Waals surface area contributed by atoms with Crippen LogP contribution in [0.15, 0.2) is 11.6 Å². The van der Waals surface area contributed by atoms with Crippen molar-refractivity contribution < 1.29 is 27.9 Å². The molecule has 9 heteroatoms. The third kappa shape index (κ3) is 9.71. The number of hydrogen-bond acceptors (Lipinski definition) is 6. The topological polar surface area (TPSA) is 83.1 Å². The van der Waals surface area contributed by atoms with Crippen LogP contribution in [0.1, 0.15) is 102 Å². The molecule has 0 saturated carbocycles. The fraction of sp³-hybridized carbons (Fsp3) is 0.867.